The van der Waals surface area contributed by atoms with E-state index in [1.54, 1.807) is 6.08 Å². The maximum atomic E-state index is 12.1. The van der Waals surface area contributed by atoms with Crippen LogP contribution in [0.2, 0.25) is 0 Å². The first-order chi connectivity index (χ1) is 18.0. The lowest BCUT2D eigenvalue weighted by Gasteiger charge is -2.20. The van der Waals surface area contributed by atoms with Gasteiger partial charge in [0.15, 0.2) is 0 Å². The highest BCUT2D eigenvalue weighted by Crippen LogP contribution is 2.15. The van der Waals surface area contributed by atoms with E-state index in [0.29, 0.717) is 45.8 Å². The number of ether oxygens (including phenoxy) is 2. The normalized spacial score (nSPS) is 11.6. The van der Waals surface area contributed by atoms with Crippen LogP contribution in [-0.2, 0) is 19.1 Å². The van der Waals surface area contributed by atoms with Crippen molar-refractivity contribution in [1.29, 1.82) is 0 Å². The summed E-state index contributed by atoms with van der Waals surface area (Å²) in [6.45, 7) is 13.7. The van der Waals surface area contributed by atoms with Gasteiger partial charge in [-0.3, -0.25) is 4.79 Å². The molecule has 0 fully saturated rings. The summed E-state index contributed by atoms with van der Waals surface area (Å²) in [7, 11) is 0. The lowest BCUT2D eigenvalue weighted by molar-refractivity contribution is -0.121. The minimum absolute atomic E-state index is 0.0257. The molecule has 1 unspecified atom stereocenters. The molecule has 0 aromatic carbocycles. The topological polar surface area (TPSA) is 96.9 Å². The highest BCUT2D eigenvalue weighted by molar-refractivity contribution is 5.75. The Morgan fingerprint density at radius 1 is 0.811 bits per heavy atom. The molecule has 0 radical (unpaired) electrons. The van der Waals surface area contributed by atoms with E-state index < -0.39 is 0 Å². The number of unbranched alkanes of at least 4 members (excludes halogenated alkanes) is 12. The molecule has 0 heterocycles. The largest absolute Gasteiger partial charge is 0.511 e. The summed E-state index contributed by atoms with van der Waals surface area (Å²) < 4.78 is 10.6. The van der Waals surface area contributed by atoms with Gasteiger partial charge in [0, 0.05) is 25.1 Å². The van der Waals surface area contributed by atoms with Crippen LogP contribution in [0.25, 0.3) is 0 Å². The molecule has 214 valence electrons. The molecule has 0 aliphatic heterocycles. The second kappa shape index (κ2) is 26.9. The molecular formula is C30H54N2O5. The van der Waals surface area contributed by atoms with Crippen LogP contribution in [0.5, 0.6) is 0 Å². The number of hydrogen-bond donors (Lipinski definition) is 3. The van der Waals surface area contributed by atoms with Crippen molar-refractivity contribution in [2.24, 2.45) is 0 Å². The van der Waals surface area contributed by atoms with E-state index in [2.05, 4.69) is 30.4 Å². The Morgan fingerprint density at radius 3 is 1.95 bits per heavy atom. The minimum atomic E-state index is -0.374. The Bertz CT molecular complexity index is 609. The van der Waals surface area contributed by atoms with Crippen LogP contribution >= 0.6 is 0 Å². The van der Waals surface area contributed by atoms with Gasteiger partial charge in [-0.25, -0.2) is 0 Å². The van der Waals surface area contributed by atoms with Crippen LogP contribution < -0.4 is 10.6 Å². The first kappa shape index (κ1) is 34.9. The number of amides is 1. The fraction of sp³-hybridized carbons (Fsp3) is 0.733. The van der Waals surface area contributed by atoms with Crippen molar-refractivity contribution in [2.75, 3.05) is 33.0 Å². The van der Waals surface area contributed by atoms with Crippen LogP contribution in [0.1, 0.15) is 103 Å². The first-order valence-corrected chi connectivity index (χ1v) is 14.3. The zero-order valence-electron chi connectivity index (χ0n) is 23.3. The second-order valence-corrected chi connectivity index (χ2v) is 9.60. The molecule has 0 saturated carbocycles. The molecule has 0 aliphatic rings. The van der Waals surface area contributed by atoms with Crippen LogP contribution in [0.4, 0.5) is 0 Å². The maximum Gasteiger partial charge on any atom is 0.220 e. The molecule has 0 aromatic heterocycles. The Balaban J connectivity index is 3.70. The zero-order chi connectivity index (χ0) is 27.4. The maximum absolute atomic E-state index is 12.1. The van der Waals surface area contributed by atoms with Crippen LogP contribution in [0, 0.1) is 0 Å². The lowest BCUT2D eigenvalue weighted by atomic mass is 10.0. The summed E-state index contributed by atoms with van der Waals surface area (Å²) in [4.78, 5) is 22.4. The van der Waals surface area contributed by atoms with Crippen molar-refractivity contribution in [3.63, 3.8) is 0 Å². The van der Waals surface area contributed by atoms with Gasteiger partial charge in [-0.05, 0) is 25.7 Å². The van der Waals surface area contributed by atoms with Gasteiger partial charge >= 0.3 is 0 Å². The monoisotopic (exact) mass is 522 g/mol. The molecule has 37 heavy (non-hydrogen) atoms. The summed E-state index contributed by atoms with van der Waals surface area (Å²) >= 11 is 0. The van der Waals surface area contributed by atoms with E-state index in [1.165, 1.54) is 64.2 Å². The summed E-state index contributed by atoms with van der Waals surface area (Å²) in [5.41, 5.74) is 0.876. The smallest absolute Gasteiger partial charge is 0.220 e. The van der Waals surface area contributed by atoms with Gasteiger partial charge in [-0.2, -0.15) is 0 Å². The van der Waals surface area contributed by atoms with Crippen molar-refractivity contribution in [1.82, 2.24) is 10.6 Å². The average molecular weight is 523 g/mol. The number of aliphatic hydroxyl groups excluding tert-OH is 1. The number of aldehydes is 1. The van der Waals surface area contributed by atoms with E-state index >= 15 is 0 Å². The third-order valence-electron chi connectivity index (χ3n) is 6.17. The highest BCUT2D eigenvalue weighted by Gasteiger charge is 2.14. The van der Waals surface area contributed by atoms with Gasteiger partial charge in [0.25, 0.3) is 0 Å². The molecule has 1 amide bonds. The summed E-state index contributed by atoms with van der Waals surface area (Å²) in [6.07, 6.45) is 19.8. The van der Waals surface area contributed by atoms with Crippen molar-refractivity contribution in [3.05, 3.63) is 37.3 Å². The van der Waals surface area contributed by atoms with Crippen molar-refractivity contribution in [2.45, 2.75) is 109 Å². The number of rotatable bonds is 29. The number of aliphatic hydroxyl groups is 1. The van der Waals surface area contributed by atoms with Gasteiger partial charge in [0.1, 0.15) is 12.0 Å². The Labute approximate surface area is 226 Å². The second-order valence-electron chi connectivity index (χ2n) is 9.60. The molecule has 0 aliphatic carbocycles. The standard InChI is InChI=1S/C30H54N2O5/c1-4-23-36-25-26-37-24-21-31-30(35)20-19-29(28(3)34)32-27(2)18-16-14-12-10-8-6-5-7-9-11-13-15-17-22-33/h4,22,29,32,34H,1-3,5-21,23-26H2,(H,31,35). The molecule has 7 nitrogen and oxygen atoms in total. The molecule has 3 N–H and O–H groups in total. The number of carbonyl (C=O) groups is 2. The summed E-state index contributed by atoms with van der Waals surface area (Å²) in [6, 6.07) is -0.374. The minimum Gasteiger partial charge on any atom is -0.511 e. The number of carbonyl (C=O) groups excluding carboxylic acids is 2. The molecule has 1 atom stereocenters. The third-order valence-corrected chi connectivity index (χ3v) is 6.17. The van der Waals surface area contributed by atoms with E-state index in [1.807, 2.05) is 0 Å². The molecular weight excluding hydrogens is 468 g/mol. The van der Waals surface area contributed by atoms with Gasteiger partial charge in [0.05, 0.1) is 32.5 Å². The molecule has 0 aromatic rings. The fourth-order valence-corrected chi connectivity index (χ4v) is 3.99. The van der Waals surface area contributed by atoms with E-state index in [0.717, 1.165) is 31.2 Å². The van der Waals surface area contributed by atoms with Crippen LogP contribution in [-0.4, -0.2) is 56.3 Å². The average Bonchev–Trinajstić information content (AvgIpc) is 2.88. The first-order valence-electron chi connectivity index (χ1n) is 14.3. The number of allylic oxidation sites excluding steroid dienone is 1. The van der Waals surface area contributed by atoms with Gasteiger partial charge in [0.2, 0.25) is 5.91 Å². The molecule has 7 heteroatoms. The van der Waals surface area contributed by atoms with Crippen molar-refractivity contribution >= 4 is 12.2 Å². The number of hydrogen-bond acceptors (Lipinski definition) is 6. The lowest BCUT2D eigenvalue weighted by Crippen LogP contribution is -2.33. The Hall–Kier alpha value is -2.12. The quantitative estimate of drug-likeness (QED) is 0.0461. The predicted octanol–water partition coefficient (Wildman–Crippen LogP) is 6.31. The van der Waals surface area contributed by atoms with Gasteiger partial charge in [-0.1, -0.05) is 83.4 Å². The number of nitrogens with one attached hydrogen (secondary N) is 2. The van der Waals surface area contributed by atoms with E-state index in [-0.39, 0.29) is 24.1 Å². The van der Waals surface area contributed by atoms with E-state index in [4.69, 9.17) is 9.47 Å². The molecule has 0 spiro atoms. The predicted molar refractivity (Wildman–Crippen MR) is 153 cm³/mol. The zero-order valence-corrected chi connectivity index (χ0v) is 23.3. The fourth-order valence-electron chi connectivity index (χ4n) is 3.99. The van der Waals surface area contributed by atoms with Crippen LogP contribution in [0.15, 0.2) is 37.3 Å². The Kier molecular flexibility index (Phi) is 25.4. The molecule has 0 rings (SSSR count). The molecule has 0 saturated heterocycles. The molecule has 0 bridgehead atoms. The van der Waals surface area contributed by atoms with Crippen molar-refractivity contribution in [3.8, 4) is 0 Å². The van der Waals surface area contributed by atoms with Gasteiger partial charge < -0.3 is 30.0 Å². The Morgan fingerprint density at radius 2 is 1.38 bits per heavy atom. The van der Waals surface area contributed by atoms with Crippen LogP contribution in [0.3, 0.4) is 0 Å². The highest BCUT2D eigenvalue weighted by atomic mass is 16.5. The van der Waals surface area contributed by atoms with Crippen molar-refractivity contribution < 1.29 is 24.2 Å². The summed E-state index contributed by atoms with van der Waals surface area (Å²) in [5, 5.41) is 16.0. The third kappa shape index (κ3) is 25.3. The SMILES string of the molecule is C=CCOCCOCCNC(=O)CCC(NC(=C)CCCCCCCCCCCCCCC=O)C(=C)O. The van der Waals surface area contributed by atoms with E-state index in [9.17, 15) is 14.7 Å². The summed E-state index contributed by atoms with van der Waals surface area (Å²) in [5.74, 6) is -0.0578. The van der Waals surface area contributed by atoms with Gasteiger partial charge in [-0.15, -0.1) is 6.58 Å².